The topological polar surface area (TPSA) is 81.5 Å². The molecule has 106 valence electrons. The lowest BCUT2D eigenvalue weighted by Crippen LogP contribution is -2.37. The van der Waals surface area contributed by atoms with Gasteiger partial charge in [-0.05, 0) is 19.1 Å². The molecule has 1 unspecified atom stereocenters. The van der Waals surface area contributed by atoms with Gasteiger partial charge in [-0.15, -0.1) is 0 Å². The van der Waals surface area contributed by atoms with Crippen molar-refractivity contribution in [3.05, 3.63) is 40.0 Å². The van der Waals surface area contributed by atoms with Gasteiger partial charge in [-0.1, -0.05) is 0 Å². The number of halogens is 1. The fourth-order valence-corrected chi connectivity index (χ4v) is 1.98. The van der Waals surface area contributed by atoms with Crippen molar-refractivity contribution in [3.8, 4) is 5.75 Å². The van der Waals surface area contributed by atoms with Gasteiger partial charge in [-0.3, -0.25) is 14.9 Å². The molecule has 2 rings (SSSR count). The molecule has 1 aliphatic rings. The number of benzene rings is 1. The number of nitrogens with one attached hydrogen (secondary N) is 1. The fourth-order valence-electron chi connectivity index (χ4n) is 1.98. The van der Waals surface area contributed by atoms with Crippen LogP contribution in [0.1, 0.15) is 12.5 Å². The van der Waals surface area contributed by atoms with Crippen LogP contribution >= 0.6 is 0 Å². The van der Waals surface area contributed by atoms with Crippen LogP contribution in [-0.2, 0) is 4.79 Å². The Hall–Kier alpha value is -2.44. The van der Waals surface area contributed by atoms with Gasteiger partial charge in [-0.2, -0.15) is 0 Å². The van der Waals surface area contributed by atoms with E-state index in [1.54, 1.807) is 0 Å². The number of nitro benzene ring substituents is 1. The third kappa shape index (κ3) is 2.34. The molecule has 0 saturated carbocycles. The summed E-state index contributed by atoms with van der Waals surface area (Å²) in [5.41, 5.74) is -0.974. The van der Waals surface area contributed by atoms with Crippen LogP contribution in [0.5, 0.6) is 5.75 Å². The molecule has 0 bridgehead atoms. The zero-order valence-corrected chi connectivity index (χ0v) is 11.0. The van der Waals surface area contributed by atoms with Gasteiger partial charge in [0.1, 0.15) is 12.4 Å². The van der Waals surface area contributed by atoms with E-state index in [2.05, 4.69) is 5.32 Å². The minimum absolute atomic E-state index is 0.161. The van der Waals surface area contributed by atoms with Crippen molar-refractivity contribution >= 4 is 17.2 Å². The Kier molecular flexibility index (Phi) is 3.44. The van der Waals surface area contributed by atoms with Crippen LogP contribution in [0.4, 0.5) is 10.1 Å². The van der Waals surface area contributed by atoms with Crippen molar-refractivity contribution in [3.63, 3.8) is 0 Å². The minimum Gasteiger partial charge on any atom is -0.480 e. The SMILES string of the molecule is CNC(=O)C1=CC(C)(CF)Oc2ccc([N+](=O)[O-])cc21. The van der Waals surface area contributed by atoms with Crippen molar-refractivity contribution in [1.29, 1.82) is 0 Å². The zero-order valence-electron chi connectivity index (χ0n) is 11.0. The highest BCUT2D eigenvalue weighted by atomic mass is 19.1. The predicted octanol–water partition coefficient (Wildman–Crippen LogP) is 1.84. The highest BCUT2D eigenvalue weighted by molar-refractivity contribution is 6.20. The number of rotatable bonds is 3. The maximum absolute atomic E-state index is 13.1. The lowest BCUT2D eigenvalue weighted by Gasteiger charge is -2.31. The first-order valence-electron chi connectivity index (χ1n) is 5.89. The van der Waals surface area contributed by atoms with E-state index >= 15 is 0 Å². The van der Waals surface area contributed by atoms with Crippen LogP contribution < -0.4 is 10.1 Å². The van der Waals surface area contributed by atoms with Crippen LogP contribution in [0, 0.1) is 10.1 Å². The predicted molar refractivity (Wildman–Crippen MR) is 70.1 cm³/mol. The Labute approximate surface area is 114 Å². The van der Waals surface area contributed by atoms with E-state index in [-0.39, 0.29) is 22.6 Å². The number of carbonyl (C=O) groups excluding carboxylic acids is 1. The highest BCUT2D eigenvalue weighted by Gasteiger charge is 2.34. The number of amides is 1. The molecule has 0 spiro atoms. The molecule has 1 aromatic carbocycles. The number of ether oxygens (including phenoxy) is 1. The summed E-state index contributed by atoms with van der Waals surface area (Å²) in [5, 5.41) is 13.2. The van der Waals surface area contributed by atoms with E-state index in [9.17, 15) is 19.3 Å². The van der Waals surface area contributed by atoms with Crippen molar-refractivity contribution < 1.29 is 18.8 Å². The lowest BCUT2D eigenvalue weighted by molar-refractivity contribution is -0.384. The molecule has 1 atom stereocenters. The Morgan fingerprint density at radius 3 is 2.80 bits per heavy atom. The second-order valence-electron chi connectivity index (χ2n) is 4.62. The molecule has 0 aliphatic carbocycles. The van der Waals surface area contributed by atoms with Crippen molar-refractivity contribution in [2.45, 2.75) is 12.5 Å². The van der Waals surface area contributed by atoms with E-state index < -0.39 is 23.1 Å². The average molecular weight is 280 g/mol. The first kappa shape index (κ1) is 14.0. The highest BCUT2D eigenvalue weighted by Crippen LogP contribution is 2.38. The van der Waals surface area contributed by atoms with E-state index in [4.69, 9.17) is 4.74 Å². The zero-order chi connectivity index (χ0) is 14.9. The maximum Gasteiger partial charge on any atom is 0.270 e. The molecule has 6 nitrogen and oxygen atoms in total. The van der Waals surface area contributed by atoms with Gasteiger partial charge < -0.3 is 10.1 Å². The third-order valence-corrected chi connectivity index (χ3v) is 2.99. The summed E-state index contributed by atoms with van der Waals surface area (Å²) >= 11 is 0. The van der Waals surface area contributed by atoms with Crippen LogP contribution in [0.25, 0.3) is 5.57 Å². The summed E-state index contributed by atoms with van der Waals surface area (Å²) < 4.78 is 18.6. The molecule has 1 heterocycles. The quantitative estimate of drug-likeness (QED) is 0.676. The van der Waals surface area contributed by atoms with Crippen LogP contribution in [0.3, 0.4) is 0 Å². The Morgan fingerprint density at radius 1 is 1.55 bits per heavy atom. The minimum atomic E-state index is -1.26. The lowest BCUT2D eigenvalue weighted by atomic mass is 9.93. The second-order valence-corrected chi connectivity index (χ2v) is 4.62. The fraction of sp³-hybridized carbons (Fsp3) is 0.308. The largest absolute Gasteiger partial charge is 0.480 e. The van der Waals surface area contributed by atoms with Gasteiger partial charge in [-0.25, -0.2) is 4.39 Å². The van der Waals surface area contributed by atoms with E-state index in [1.165, 1.54) is 38.2 Å². The first-order chi connectivity index (χ1) is 9.40. The number of hydrogen-bond acceptors (Lipinski definition) is 4. The van der Waals surface area contributed by atoms with E-state index in [0.29, 0.717) is 0 Å². The third-order valence-electron chi connectivity index (χ3n) is 2.99. The molecule has 1 N–H and O–H groups in total. The van der Waals surface area contributed by atoms with Crippen molar-refractivity contribution in [2.24, 2.45) is 0 Å². The van der Waals surface area contributed by atoms with E-state index in [0.717, 1.165) is 0 Å². The van der Waals surface area contributed by atoms with E-state index in [1.807, 2.05) is 0 Å². The van der Waals surface area contributed by atoms with Crippen LogP contribution in [0.15, 0.2) is 24.3 Å². The number of alkyl halides is 1. The number of hydrogen-bond donors (Lipinski definition) is 1. The van der Waals surface area contributed by atoms with Crippen LogP contribution in [0.2, 0.25) is 0 Å². The summed E-state index contributed by atoms with van der Waals surface area (Å²) in [6.45, 7) is 0.685. The molecule has 0 radical (unpaired) electrons. The van der Waals surface area contributed by atoms with Gasteiger partial charge >= 0.3 is 0 Å². The molecule has 1 amide bonds. The number of nitrogens with zero attached hydrogens (tertiary/aromatic N) is 1. The summed E-state index contributed by atoms with van der Waals surface area (Å²) in [6.07, 6.45) is 1.35. The molecule has 1 aliphatic heterocycles. The summed E-state index contributed by atoms with van der Waals surface area (Å²) in [6, 6.07) is 3.87. The Balaban J connectivity index is 2.61. The Bertz CT molecular complexity index is 614. The summed E-state index contributed by atoms with van der Waals surface area (Å²) in [4.78, 5) is 22.1. The summed E-state index contributed by atoms with van der Waals surface area (Å²) in [5.74, 6) is -0.202. The molecule has 0 fully saturated rings. The number of nitro groups is 1. The van der Waals surface area contributed by atoms with Gasteiger partial charge in [0, 0.05) is 24.7 Å². The first-order valence-corrected chi connectivity index (χ1v) is 5.89. The van der Waals surface area contributed by atoms with Gasteiger partial charge in [0.15, 0.2) is 5.60 Å². The standard InChI is InChI=1S/C13H13FN2O4/c1-13(7-14)6-10(12(17)15-2)9-5-8(16(18)19)3-4-11(9)20-13/h3-6H,7H2,1-2H3,(H,15,17). The summed E-state index contributed by atoms with van der Waals surface area (Å²) in [7, 11) is 1.43. The number of likely N-dealkylation sites (N-methyl/N-ethyl adjacent to an activating group) is 1. The number of non-ortho nitro benzene ring substituents is 1. The second kappa shape index (κ2) is 4.92. The van der Waals surface area contributed by atoms with Gasteiger partial charge in [0.2, 0.25) is 0 Å². The monoisotopic (exact) mass is 280 g/mol. The molecular formula is C13H13FN2O4. The molecular weight excluding hydrogens is 267 g/mol. The number of fused-ring (bicyclic) bond motifs is 1. The van der Waals surface area contributed by atoms with Crippen molar-refractivity contribution in [2.75, 3.05) is 13.7 Å². The van der Waals surface area contributed by atoms with Gasteiger partial charge in [0.05, 0.1) is 10.5 Å². The molecule has 0 saturated heterocycles. The van der Waals surface area contributed by atoms with Gasteiger partial charge in [0.25, 0.3) is 11.6 Å². The van der Waals surface area contributed by atoms with Crippen LogP contribution in [-0.4, -0.2) is 30.2 Å². The average Bonchev–Trinajstić information content (AvgIpc) is 2.45. The van der Waals surface area contributed by atoms with Crippen molar-refractivity contribution in [1.82, 2.24) is 5.32 Å². The maximum atomic E-state index is 13.1. The molecule has 7 heteroatoms. The smallest absolute Gasteiger partial charge is 0.270 e. The molecule has 1 aromatic rings. The molecule has 20 heavy (non-hydrogen) atoms. The Morgan fingerprint density at radius 2 is 2.25 bits per heavy atom. The number of carbonyl (C=O) groups is 1. The normalized spacial score (nSPS) is 20.4. The molecule has 0 aromatic heterocycles.